The zero-order valence-electron chi connectivity index (χ0n) is 42.0. The summed E-state index contributed by atoms with van der Waals surface area (Å²) in [7, 11) is 0. The van der Waals surface area contributed by atoms with Gasteiger partial charge >= 0.3 is 11.9 Å². The molecule has 16 heteroatoms. The Morgan fingerprint density at radius 2 is 0.847 bits per heavy atom. The molecule has 4 bridgehead atoms. The van der Waals surface area contributed by atoms with E-state index in [0.717, 1.165) is 128 Å². The van der Waals surface area contributed by atoms with Gasteiger partial charge in [0.1, 0.15) is 11.6 Å². The van der Waals surface area contributed by atoms with Gasteiger partial charge in [0.05, 0.1) is 33.1 Å². The number of hydrogen-bond acceptors (Lipinski definition) is 12. The Balaban J connectivity index is 0.000000156. The summed E-state index contributed by atoms with van der Waals surface area (Å²) in [5.74, 6) is 2.24. The van der Waals surface area contributed by atoms with Crippen LogP contribution in [0, 0.1) is 71.0 Å². The van der Waals surface area contributed by atoms with Gasteiger partial charge in [-0.1, -0.05) is 49.9 Å². The lowest BCUT2D eigenvalue weighted by atomic mass is 9.77. The van der Waals surface area contributed by atoms with E-state index in [0.29, 0.717) is 36.8 Å². The highest BCUT2D eigenvalue weighted by molar-refractivity contribution is 7.14. The van der Waals surface area contributed by atoms with Crippen LogP contribution < -0.4 is 20.4 Å². The van der Waals surface area contributed by atoms with Gasteiger partial charge in [0.2, 0.25) is 11.8 Å². The van der Waals surface area contributed by atoms with Crippen LogP contribution in [0.4, 0.5) is 11.6 Å². The number of aromatic nitrogens is 2. The zero-order valence-corrected chi connectivity index (χ0v) is 43.6. The quantitative estimate of drug-likeness (QED) is 0.0957. The van der Waals surface area contributed by atoms with Gasteiger partial charge in [0, 0.05) is 89.3 Å². The van der Waals surface area contributed by atoms with Gasteiger partial charge in [-0.3, -0.25) is 29.0 Å². The Labute approximate surface area is 433 Å². The SMILES string of the molecule is O=C(NC[C@@H]1CCCC[C@H]1CN1CCN(c2nsc3ccccc23)CC1)[C@@H]1[C@@H]2CC[C@@H](C2)[C@@H]1C(=O)O.O=C(O)[C@@H]1[C@@H]2CC[C@@H](C2)[C@@H]1C(=O)NC[C@@H]1CCCC[C@H]1CN1CCN(c2nsc3ccccc23)CC1. The van der Waals surface area contributed by atoms with E-state index >= 15 is 0 Å². The average Bonchev–Trinajstić information content (AvgIpc) is 4.29. The number of carbonyl (C=O) groups excluding carboxylic acids is 2. The molecule has 12 rings (SSSR count). The highest BCUT2D eigenvalue weighted by Gasteiger charge is 2.55. The van der Waals surface area contributed by atoms with Crippen molar-refractivity contribution in [3.05, 3.63) is 48.5 Å². The number of amides is 2. The zero-order chi connectivity index (χ0) is 49.3. The van der Waals surface area contributed by atoms with Crippen molar-refractivity contribution in [3.63, 3.8) is 0 Å². The van der Waals surface area contributed by atoms with Crippen LogP contribution in [-0.2, 0) is 19.2 Å². The molecule has 6 aliphatic carbocycles. The highest BCUT2D eigenvalue weighted by atomic mass is 32.1. The van der Waals surface area contributed by atoms with Crippen molar-refractivity contribution in [3.8, 4) is 0 Å². The Morgan fingerprint density at radius 3 is 1.24 bits per heavy atom. The standard InChI is InChI=1S/2C28H38N4O3S/c2*33-27(24-18-9-10-19(15-18)25(24)28(34)35)29-16-20-5-1-2-6-21(20)17-31-11-13-32(14-12-31)26-22-7-3-4-8-23(22)36-30-26/h2*3-4,7-8,18-21,24-25H,1-2,5-6,9-17H2,(H,29,33)(H,34,35)/t18-,19+,20+,21+,24-,25+;18-,19+,20-,21-,24-,25+/m10/s1. The largest absolute Gasteiger partial charge is 0.481 e. The van der Waals surface area contributed by atoms with Gasteiger partial charge in [0.25, 0.3) is 0 Å². The van der Waals surface area contributed by atoms with Crippen LogP contribution in [0.1, 0.15) is 89.9 Å². The van der Waals surface area contributed by atoms with E-state index in [1.165, 1.54) is 58.7 Å². The molecule has 8 aliphatic rings. The number of piperazine rings is 2. The first-order valence-electron chi connectivity index (χ1n) is 27.8. The Bertz CT molecular complexity index is 2370. The molecule has 4 aromatic rings. The molecule has 2 aromatic heterocycles. The van der Waals surface area contributed by atoms with E-state index in [-0.39, 0.29) is 47.3 Å². The van der Waals surface area contributed by atoms with Crippen LogP contribution in [0.25, 0.3) is 20.2 Å². The third-order valence-corrected chi connectivity index (χ3v) is 20.9. The van der Waals surface area contributed by atoms with Gasteiger partial charge in [-0.25, -0.2) is 0 Å². The minimum absolute atomic E-state index is 0.00280. The van der Waals surface area contributed by atoms with Crippen LogP contribution in [0.15, 0.2) is 48.5 Å². The molecule has 0 radical (unpaired) electrons. The fourth-order valence-corrected chi connectivity index (χ4v) is 17.1. The summed E-state index contributed by atoms with van der Waals surface area (Å²) in [5, 5.41) is 28.5. The van der Waals surface area contributed by atoms with Crippen LogP contribution in [0.2, 0.25) is 0 Å². The molecule has 388 valence electrons. The van der Waals surface area contributed by atoms with Gasteiger partial charge in [0.15, 0.2) is 0 Å². The summed E-state index contributed by atoms with van der Waals surface area (Å²) < 4.78 is 12.0. The number of rotatable bonds is 14. The third kappa shape index (κ3) is 10.5. The summed E-state index contributed by atoms with van der Waals surface area (Å²) >= 11 is 3.17. The van der Waals surface area contributed by atoms with Crippen LogP contribution in [0.3, 0.4) is 0 Å². The molecule has 2 amide bonds. The maximum atomic E-state index is 13.1. The van der Waals surface area contributed by atoms with E-state index in [1.54, 1.807) is 23.1 Å². The molecule has 0 unspecified atom stereocenters. The number of nitrogens with zero attached hydrogens (tertiary/aromatic N) is 6. The minimum atomic E-state index is -0.775. The molecule has 0 spiro atoms. The van der Waals surface area contributed by atoms with Crippen molar-refractivity contribution in [2.24, 2.45) is 71.0 Å². The molecule has 12 atom stereocenters. The molecular formula is C56H76N8O6S2. The number of anilines is 2. The summed E-state index contributed by atoms with van der Waals surface area (Å²) in [6, 6.07) is 17.0. The first kappa shape index (κ1) is 49.8. The summed E-state index contributed by atoms with van der Waals surface area (Å²) in [5.41, 5.74) is 0. The van der Waals surface area contributed by atoms with Crippen molar-refractivity contribution in [1.29, 1.82) is 0 Å². The predicted octanol–water partition coefficient (Wildman–Crippen LogP) is 8.18. The smallest absolute Gasteiger partial charge is 0.307 e. The van der Waals surface area contributed by atoms with Crippen molar-refractivity contribution >= 4 is 78.6 Å². The fourth-order valence-electron chi connectivity index (χ4n) is 15.5. The van der Waals surface area contributed by atoms with Crippen molar-refractivity contribution < 1.29 is 29.4 Å². The fraction of sp³-hybridized carbons (Fsp3) is 0.679. The highest BCUT2D eigenvalue weighted by Crippen LogP contribution is 2.53. The van der Waals surface area contributed by atoms with Crippen molar-refractivity contribution in [2.75, 3.05) is 88.3 Å². The second-order valence-corrected chi connectivity index (χ2v) is 24.7. The second kappa shape index (κ2) is 22.2. The van der Waals surface area contributed by atoms with E-state index in [1.807, 2.05) is 0 Å². The normalized spacial score (nSPS) is 32.7. The van der Waals surface area contributed by atoms with Crippen molar-refractivity contribution in [1.82, 2.24) is 29.2 Å². The molecule has 2 aliphatic heterocycles. The summed E-state index contributed by atoms with van der Waals surface area (Å²) in [6.45, 7) is 11.8. The average molecular weight is 1020 g/mol. The number of fused-ring (bicyclic) bond motifs is 6. The van der Waals surface area contributed by atoms with Crippen LogP contribution >= 0.6 is 23.1 Å². The first-order valence-corrected chi connectivity index (χ1v) is 29.4. The Morgan fingerprint density at radius 1 is 0.486 bits per heavy atom. The lowest BCUT2D eigenvalue weighted by molar-refractivity contribution is -0.149. The molecule has 72 heavy (non-hydrogen) atoms. The van der Waals surface area contributed by atoms with E-state index < -0.39 is 23.8 Å². The lowest BCUT2D eigenvalue weighted by Crippen LogP contribution is -2.50. The van der Waals surface area contributed by atoms with Crippen LogP contribution in [-0.4, -0.2) is 131 Å². The van der Waals surface area contributed by atoms with Gasteiger partial charge in [-0.05, 0) is 159 Å². The number of aliphatic carboxylic acids is 2. The van der Waals surface area contributed by atoms with Crippen molar-refractivity contribution in [2.45, 2.75) is 89.9 Å². The van der Waals surface area contributed by atoms with E-state index in [2.05, 4.69) is 78.8 Å². The third-order valence-electron chi connectivity index (χ3n) is 19.3. The number of carboxylic acids is 2. The molecule has 2 aromatic carbocycles. The van der Waals surface area contributed by atoms with Gasteiger partial charge in [-0.2, -0.15) is 8.75 Å². The maximum absolute atomic E-state index is 13.1. The molecule has 4 heterocycles. The lowest BCUT2D eigenvalue weighted by Gasteiger charge is -2.40. The maximum Gasteiger partial charge on any atom is 0.307 e. The summed E-state index contributed by atoms with van der Waals surface area (Å²) in [4.78, 5) is 60.1. The second-order valence-electron chi connectivity index (χ2n) is 23.1. The van der Waals surface area contributed by atoms with E-state index in [4.69, 9.17) is 8.75 Å². The number of nitrogens with one attached hydrogen (secondary N) is 2. The predicted molar refractivity (Wildman–Crippen MR) is 284 cm³/mol. The van der Waals surface area contributed by atoms with Gasteiger partial charge < -0.3 is 30.6 Å². The summed E-state index contributed by atoms with van der Waals surface area (Å²) in [6.07, 6.45) is 15.6. The first-order chi connectivity index (χ1) is 35.2. The topological polar surface area (TPSA) is 172 Å². The monoisotopic (exact) mass is 1020 g/mol. The molecular weight excluding hydrogens is 945 g/mol. The minimum Gasteiger partial charge on any atom is -0.481 e. The van der Waals surface area contributed by atoms with Crippen LogP contribution in [0.5, 0.6) is 0 Å². The molecule has 4 N–H and O–H groups in total. The number of hydrogen-bond donors (Lipinski definition) is 4. The van der Waals surface area contributed by atoms with Gasteiger partial charge in [-0.15, -0.1) is 0 Å². The number of benzene rings is 2. The molecule has 2 saturated heterocycles. The Hall–Kier alpha value is -4.38. The molecule has 14 nitrogen and oxygen atoms in total. The Kier molecular flexibility index (Phi) is 15.4. The number of carboxylic acid groups (broad SMARTS) is 2. The number of carbonyl (C=O) groups is 4. The molecule has 8 fully saturated rings. The van der Waals surface area contributed by atoms with E-state index in [9.17, 15) is 29.4 Å². The molecule has 6 saturated carbocycles.